The van der Waals surface area contributed by atoms with E-state index in [-0.39, 0.29) is 18.8 Å². The van der Waals surface area contributed by atoms with E-state index in [1.54, 1.807) is 18.9 Å². The first-order chi connectivity index (χ1) is 9.29. The van der Waals surface area contributed by atoms with Gasteiger partial charge in [0.1, 0.15) is 5.75 Å². The van der Waals surface area contributed by atoms with E-state index in [2.05, 4.69) is 4.74 Å². The Labute approximate surface area is 120 Å². The molecule has 0 bridgehead atoms. The van der Waals surface area contributed by atoms with Crippen LogP contribution in [0.1, 0.15) is 12.5 Å². The normalized spacial score (nSPS) is 12.8. The zero-order valence-corrected chi connectivity index (χ0v) is 11.9. The van der Waals surface area contributed by atoms with Crippen LogP contribution in [-0.4, -0.2) is 36.2 Å². The van der Waals surface area contributed by atoms with E-state index in [9.17, 15) is 13.6 Å². The van der Waals surface area contributed by atoms with E-state index in [0.29, 0.717) is 10.6 Å². The molecule has 7 heteroatoms. The third-order valence-electron chi connectivity index (χ3n) is 2.69. The van der Waals surface area contributed by atoms with Gasteiger partial charge in [0.05, 0.1) is 5.92 Å². The number of carboxylic acid groups (broad SMARTS) is 1. The molecule has 20 heavy (non-hydrogen) atoms. The minimum atomic E-state index is -2.92. The molecule has 1 aromatic carbocycles. The summed E-state index contributed by atoms with van der Waals surface area (Å²) in [5.41, 5.74) is 0.484. The Morgan fingerprint density at radius 2 is 2.15 bits per heavy atom. The molecule has 0 aliphatic heterocycles. The minimum Gasteiger partial charge on any atom is -0.481 e. The largest absolute Gasteiger partial charge is 0.481 e. The van der Waals surface area contributed by atoms with Crippen molar-refractivity contribution in [2.75, 3.05) is 13.6 Å². The molecular formula is C13H16ClF2NO3. The van der Waals surface area contributed by atoms with Crippen molar-refractivity contribution in [2.45, 2.75) is 20.1 Å². The van der Waals surface area contributed by atoms with E-state index >= 15 is 0 Å². The molecule has 4 nitrogen and oxygen atoms in total. The fourth-order valence-electron chi connectivity index (χ4n) is 1.78. The van der Waals surface area contributed by atoms with Gasteiger partial charge in [0.15, 0.2) is 0 Å². The van der Waals surface area contributed by atoms with Gasteiger partial charge in [0, 0.05) is 23.7 Å². The van der Waals surface area contributed by atoms with Crippen molar-refractivity contribution in [3.63, 3.8) is 0 Å². The van der Waals surface area contributed by atoms with Crippen LogP contribution in [0.2, 0.25) is 5.02 Å². The summed E-state index contributed by atoms with van der Waals surface area (Å²) in [6.07, 6.45) is 0. The zero-order chi connectivity index (χ0) is 15.3. The molecule has 0 aromatic heterocycles. The van der Waals surface area contributed by atoms with Gasteiger partial charge in [-0.3, -0.25) is 4.79 Å². The van der Waals surface area contributed by atoms with Gasteiger partial charge < -0.3 is 14.7 Å². The molecule has 1 N–H and O–H groups in total. The van der Waals surface area contributed by atoms with Crippen LogP contribution < -0.4 is 4.74 Å². The highest BCUT2D eigenvalue weighted by molar-refractivity contribution is 6.30. The van der Waals surface area contributed by atoms with Crippen molar-refractivity contribution >= 4 is 17.6 Å². The summed E-state index contributed by atoms with van der Waals surface area (Å²) in [5, 5.41) is 9.25. The highest BCUT2D eigenvalue weighted by atomic mass is 35.5. The summed E-state index contributed by atoms with van der Waals surface area (Å²) in [4.78, 5) is 12.5. The molecule has 112 valence electrons. The van der Waals surface area contributed by atoms with Crippen LogP contribution >= 0.6 is 11.6 Å². The number of hydrogen-bond acceptors (Lipinski definition) is 3. The molecule has 1 rings (SSSR count). The van der Waals surface area contributed by atoms with Crippen molar-refractivity contribution < 1.29 is 23.4 Å². The Morgan fingerprint density at radius 1 is 1.50 bits per heavy atom. The highest BCUT2D eigenvalue weighted by Gasteiger charge is 2.16. The second-order valence-electron chi connectivity index (χ2n) is 4.57. The zero-order valence-electron chi connectivity index (χ0n) is 11.1. The van der Waals surface area contributed by atoms with Crippen molar-refractivity contribution in [3.05, 3.63) is 28.8 Å². The monoisotopic (exact) mass is 307 g/mol. The molecule has 0 saturated heterocycles. The summed E-state index contributed by atoms with van der Waals surface area (Å²) in [6.45, 7) is -0.790. The van der Waals surface area contributed by atoms with E-state index in [0.717, 1.165) is 0 Å². The number of carboxylic acids is 1. The number of carbonyl (C=O) groups is 1. The van der Waals surface area contributed by atoms with Crippen LogP contribution in [0.4, 0.5) is 8.78 Å². The van der Waals surface area contributed by atoms with E-state index in [1.807, 2.05) is 0 Å². The molecule has 1 aromatic rings. The van der Waals surface area contributed by atoms with Crippen LogP contribution in [0.25, 0.3) is 0 Å². The van der Waals surface area contributed by atoms with Gasteiger partial charge in [-0.2, -0.15) is 8.78 Å². The van der Waals surface area contributed by atoms with Gasteiger partial charge in [0.2, 0.25) is 0 Å². The quantitative estimate of drug-likeness (QED) is 0.841. The van der Waals surface area contributed by atoms with Crippen molar-refractivity contribution in [1.82, 2.24) is 4.90 Å². The molecule has 0 radical (unpaired) electrons. The molecule has 0 aliphatic rings. The molecule has 0 aliphatic carbocycles. The number of ether oxygens (including phenoxy) is 1. The maximum Gasteiger partial charge on any atom is 0.387 e. The smallest absolute Gasteiger partial charge is 0.387 e. The predicted molar refractivity (Wildman–Crippen MR) is 71.2 cm³/mol. The van der Waals surface area contributed by atoms with Crippen LogP contribution in [0, 0.1) is 5.92 Å². The van der Waals surface area contributed by atoms with Gasteiger partial charge in [-0.05, 0) is 25.2 Å². The van der Waals surface area contributed by atoms with Crippen LogP contribution in [0.3, 0.4) is 0 Å². The fraction of sp³-hybridized carbons (Fsp3) is 0.462. The first kappa shape index (κ1) is 16.7. The predicted octanol–water partition coefficient (Wildman–Crippen LogP) is 3.09. The molecule has 0 heterocycles. The minimum absolute atomic E-state index is 0.0410. The molecule has 0 spiro atoms. The molecule has 0 amide bonds. The van der Waals surface area contributed by atoms with Gasteiger partial charge in [-0.1, -0.05) is 18.5 Å². The molecular weight excluding hydrogens is 292 g/mol. The average Bonchev–Trinajstić information content (AvgIpc) is 2.31. The summed E-state index contributed by atoms with van der Waals surface area (Å²) < 4.78 is 29.0. The lowest BCUT2D eigenvalue weighted by Gasteiger charge is -2.20. The highest BCUT2D eigenvalue weighted by Crippen LogP contribution is 2.25. The summed E-state index contributed by atoms with van der Waals surface area (Å²) in [5.74, 6) is -1.43. The Morgan fingerprint density at radius 3 is 2.70 bits per heavy atom. The Kier molecular flexibility index (Phi) is 6.16. The second-order valence-corrected chi connectivity index (χ2v) is 5.00. The Balaban J connectivity index is 2.79. The molecule has 1 unspecified atom stereocenters. The summed E-state index contributed by atoms with van der Waals surface area (Å²) in [6, 6.07) is 4.36. The van der Waals surface area contributed by atoms with Crippen molar-refractivity contribution in [3.8, 4) is 5.75 Å². The molecule has 0 saturated carbocycles. The van der Waals surface area contributed by atoms with Crippen molar-refractivity contribution in [2.24, 2.45) is 5.92 Å². The summed E-state index contributed by atoms with van der Waals surface area (Å²) in [7, 11) is 1.70. The van der Waals surface area contributed by atoms with Gasteiger partial charge in [-0.15, -0.1) is 0 Å². The van der Waals surface area contributed by atoms with Gasteiger partial charge >= 0.3 is 12.6 Å². The lowest BCUT2D eigenvalue weighted by Crippen LogP contribution is -2.28. The average molecular weight is 308 g/mol. The lowest BCUT2D eigenvalue weighted by molar-refractivity contribution is -0.141. The summed E-state index contributed by atoms with van der Waals surface area (Å²) >= 11 is 5.84. The Bertz CT molecular complexity index is 471. The van der Waals surface area contributed by atoms with Gasteiger partial charge in [-0.25, -0.2) is 0 Å². The maximum atomic E-state index is 12.3. The standard InChI is InChI=1S/C13H16ClF2NO3/c1-8(12(18)19)6-17(2)7-9-5-10(14)3-4-11(9)20-13(15)16/h3-5,8,13H,6-7H2,1-2H3,(H,18,19). The second kappa shape index (κ2) is 7.40. The molecule has 0 fully saturated rings. The third-order valence-corrected chi connectivity index (χ3v) is 2.92. The third kappa shape index (κ3) is 5.30. The topological polar surface area (TPSA) is 49.8 Å². The SMILES string of the molecule is CC(CN(C)Cc1cc(Cl)ccc1OC(F)F)C(=O)O. The van der Waals surface area contributed by atoms with Crippen LogP contribution in [0.5, 0.6) is 5.75 Å². The number of nitrogens with zero attached hydrogens (tertiary/aromatic N) is 1. The molecule has 1 atom stereocenters. The van der Waals surface area contributed by atoms with E-state index in [1.165, 1.54) is 18.2 Å². The maximum absolute atomic E-state index is 12.3. The van der Waals surface area contributed by atoms with Crippen molar-refractivity contribution in [1.29, 1.82) is 0 Å². The first-order valence-corrected chi connectivity index (χ1v) is 6.32. The number of hydrogen-bond donors (Lipinski definition) is 1. The first-order valence-electron chi connectivity index (χ1n) is 5.94. The number of alkyl halides is 2. The van der Waals surface area contributed by atoms with E-state index in [4.69, 9.17) is 16.7 Å². The lowest BCUT2D eigenvalue weighted by atomic mass is 10.1. The number of benzene rings is 1. The van der Waals surface area contributed by atoms with Crippen LogP contribution in [0.15, 0.2) is 18.2 Å². The fourth-order valence-corrected chi connectivity index (χ4v) is 1.98. The Hall–Kier alpha value is -1.40. The van der Waals surface area contributed by atoms with Gasteiger partial charge in [0.25, 0.3) is 0 Å². The number of aliphatic carboxylic acids is 1. The number of halogens is 3. The van der Waals surface area contributed by atoms with E-state index < -0.39 is 18.5 Å². The van der Waals surface area contributed by atoms with Crippen LogP contribution in [-0.2, 0) is 11.3 Å². The number of rotatable bonds is 7.